The number of hydrogen-bond acceptors (Lipinski definition) is 27. The second kappa shape index (κ2) is 44.3. The van der Waals surface area contributed by atoms with Gasteiger partial charge in [-0.1, -0.05) is 127 Å². The average Bonchev–Trinajstić information content (AvgIpc) is 0.848. The monoisotopic (exact) mass is 1330 g/mol. The van der Waals surface area contributed by atoms with E-state index >= 15 is 0 Å². The van der Waals surface area contributed by atoms with Gasteiger partial charge in [0.05, 0.1) is 26.4 Å². The van der Waals surface area contributed by atoms with Gasteiger partial charge in [-0.2, -0.15) is 0 Å². The van der Waals surface area contributed by atoms with Gasteiger partial charge in [-0.3, -0.25) is 18.6 Å². The van der Waals surface area contributed by atoms with Gasteiger partial charge in [-0.05, 0) is 70.6 Å². The first kappa shape index (κ1) is 80.9. The van der Waals surface area contributed by atoms with Crippen LogP contribution in [0.25, 0.3) is 0 Å². The molecular weight excluding hydrogens is 1220 g/mol. The summed E-state index contributed by atoms with van der Waals surface area (Å²) >= 11 is 0. The number of rotatable bonds is 45. The van der Waals surface area contributed by atoms with Gasteiger partial charge in [0.15, 0.2) is 25.0 Å². The number of esters is 2. The quantitative estimate of drug-likeness (QED) is 0.0178. The molecule has 3 heterocycles. The first-order valence-corrected chi connectivity index (χ1v) is 34.3. The molecule has 0 spiro atoms. The summed E-state index contributed by atoms with van der Waals surface area (Å²) in [4.78, 5) is 37.9. The predicted molar refractivity (Wildman–Crippen MR) is 324 cm³/mol. The molecule has 3 saturated heterocycles. The van der Waals surface area contributed by atoms with Crippen molar-refractivity contribution >= 4 is 19.8 Å². The lowest BCUT2D eigenvalue weighted by Crippen LogP contribution is -2.69. The van der Waals surface area contributed by atoms with Gasteiger partial charge in [0.1, 0.15) is 116 Å². The zero-order valence-electron chi connectivity index (χ0n) is 52.8. The molecule has 91 heavy (non-hydrogen) atoms. The maximum atomic E-state index is 14.3. The molecule has 4 aliphatic rings. The molecule has 23 atom stereocenters. The molecule has 0 aromatic heterocycles. The molecule has 0 radical (unpaired) electrons. The van der Waals surface area contributed by atoms with E-state index in [-0.39, 0.29) is 12.8 Å². The van der Waals surface area contributed by atoms with E-state index in [1.807, 2.05) is 0 Å². The first-order valence-electron chi connectivity index (χ1n) is 32.8. The molecule has 1 saturated carbocycles. The molecule has 530 valence electrons. The fourth-order valence-electron chi connectivity index (χ4n) is 10.9. The zero-order valence-corrected chi connectivity index (χ0v) is 53.7. The van der Waals surface area contributed by atoms with E-state index in [1.165, 1.54) is 44.9 Å². The van der Waals surface area contributed by atoms with E-state index in [1.54, 1.807) is 0 Å². The Morgan fingerprint density at radius 1 is 0.440 bits per heavy atom. The fraction of sp³-hybridized carbons (Fsp3) is 0.871. The number of aliphatic hydroxyl groups is 14. The lowest BCUT2D eigenvalue weighted by atomic mass is 9.84. The van der Waals surface area contributed by atoms with E-state index in [2.05, 4.69) is 50.3 Å². The minimum absolute atomic E-state index is 0.000613. The Kier molecular flexibility index (Phi) is 39.4. The molecule has 0 bridgehead atoms. The number of unbranched alkanes of at least 4 members (excludes halogenated alkanes) is 18. The Morgan fingerprint density at radius 3 is 1.30 bits per heavy atom. The summed E-state index contributed by atoms with van der Waals surface area (Å²) in [6.07, 6.45) is -10.1. The molecule has 4 fully saturated rings. The highest BCUT2D eigenvalue weighted by Crippen LogP contribution is 2.49. The topological polar surface area (TPSA) is 447 Å². The molecule has 29 heteroatoms. The summed E-state index contributed by atoms with van der Waals surface area (Å²) in [7, 11) is -5.76. The lowest BCUT2D eigenvalue weighted by molar-refractivity contribution is -0.364. The van der Waals surface area contributed by atoms with E-state index in [0.717, 1.165) is 83.5 Å². The minimum atomic E-state index is -5.76. The molecule has 15 N–H and O–H groups in total. The Balaban J connectivity index is 1.49. The third-order valence-electron chi connectivity index (χ3n) is 16.5. The lowest BCUT2D eigenvalue weighted by Gasteiger charge is -2.49. The summed E-state index contributed by atoms with van der Waals surface area (Å²) in [5.41, 5.74) is 0. The van der Waals surface area contributed by atoms with Gasteiger partial charge in [0.2, 0.25) is 0 Å². The highest BCUT2D eigenvalue weighted by atomic mass is 31.2. The van der Waals surface area contributed by atoms with Gasteiger partial charge in [0, 0.05) is 12.8 Å². The number of allylic oxidation sites excluding steroid dienone is 6. The average molecular weight is 1330 g/mol. The Morgan fingerprint density at radius 2 is 0.824 bits per heavy atom. The van der Waals surface area contributed by atoms with Crippen LogP contribution in [0.2, 0.25) is 0 Å². The van der Waals surface area contributed by atoms with Gasteiger partial charge < -0.3 is 114 Å². The smallest absolute Gasteiger partial charge is 0.462 e. The molecule has 4 rings (SSSR count). The second-order valence-corrected chi connectivity index (χ2v) is 25.4. The molecular formula is C62H109O28P. The van der Waals surface area contributed by atoms with Crippen LogP contribution in [-0.2, 0) is 61.1 Å². The van der Waals surface area contributed by atoms with E-state index in [0.29, 0.717) is 19.3 Å². The minimum Gasteiger partial charge on any atom is -0.462 e. The molecule has 10 unspecified atom stereocenters. The number of phosphoric ester groups is 1. The number of aliphatic hydroxyl groups excluding tert-OH is 14. The van der Waals surface area contributed by atoms with Crippen molar-refractivity contribution in [1.29, 1.82) is 0 Å². The van der Waals surface area contributed by atoms with Crippen LogP contribution >= 0.6 is 7.82 Å². The van der Waals surface area contributed by atoms with Crippen LogP contribution in [-0.4, -0.2) is 256 Å². The van der Waals surface area contributed by atoms with Crippen molar-refractivity contribution in [3.8, 4) is 0 Å². The van der Waals surface area contributed by atoms with Crippen molar-refractivity contribution in [3.63, 3.8) is 0 Å². The Labute approximate surface area is 534 Å². The normalized spacial score (nSPS) is 34.2. The number of carbonyl (C=O) groups excluding carboxylic acids is 2. The second-order valence-electron chi connectivity index (χ2n) is 24.0. The molecule has 1 aliphatic carbocycles. The van der Waals surface area contributed by atoms with E-state index in [4.69, 9.17) is 46.9 Å². The van der Waals surface area contributed by atoms with Crippen molar-refractivity contribution < 1.29 is 137 Å². The van der Waals surface area contributed by atoms with Crippen molar-refractivity contribution in [2.75, 3.05) is 33.0 Å². The third-order valence-corrected chi connectivity index (χ3v) is 17.5. The summed E-state index contributed by atoms with van der Waals surface area (Å²) in [6.45, 7) is -0.00844. The summed E-state index contributed by atoms with van der Waals surface area (Å²) in [6, 6.07) is 0. The number of phosphoric acid groups is 1. The molecule has 0 aromatic rings. The highest BCUT2D eigenvalue weighted by molar-refractivity contribution is 7.47. The molecule has 0 amide bonds. The zero-order chi connectivity index (χ0) is 66.9. The third kappa shape index (κ3) is 27.9. The van der Waals surface area contributed by atoms with Crippen molar-refractivity contribution in [3.05, 3.63) is 36.5 Å². The number of ether oxygens (including phenoxy) is 8. The highest BCUT2D eigenvalue weighted by Gasteiger charge is 2.58. The van der Waals surface area contributed by atoms with E-state index < -0.39 is 188 Å². The molecule has 28 nitrogen and oxygen atoms in total. The maximum absolute atomic E-state index is 14.3. The summed E-state index contributed by atoms with van der Waals surface area (Å²) < 4.78 is 69.8. The van der Waals surface area contributed by atoms with Crippen molar-refractivity contribution in [1.82, 2.24) is 0 Å². The van der Waals surface area contributed by atoms with Gasteiger partial charge in [0.25, 0.3) is 0 Å². The van der Waals surface area contributed by atoms with E-state index in [9.17, 15) is 90.5 Å². The van der Waals surface area contributed by atoms with Crippen LogP contribution in [0, 0.1) is 0 Å². The molecule has 3 aliphatic heterocycles. The van der Waals surface area contributed by atoms with Crippen molar-refractivity contribution in [2.24, 2.45) is 0 Å². The fourth-order valence-corrected chi connectivity index (χ4v) is 11.8. The first-order chi connectivity index (χ1) is 43.6. The van der Waals surface area contributed by atoms with Gasteiger partial charge >= 0.3 is 19.8 Å². The number of hydrogen-bond donors (Lipinski definition) is 15. The summed E-state index contributed by atoms with van der Waals surface area (Å²) in [5, 5.41) is 150. The van der Waals surface area contributed by atoms with Crippen LogP contribution in [0.1, 0.15) is 174 Å². The summed E-state index contributed by atoms with van der Waals surface area (Å²) in [5.74, 6) is -1.43. The van der Waals surface area contributed by atoms with Crippen LogP contribution in [0.5, 0.6) is 0 Å². The van der Waals surface area contributed by atoms with Crippen LogP contribution < -0.4 is 0 Å². The van der Waals surface area contributed by atoms with Crippen LogP contribution in [0.3, 0.4) is 0 Å². The maximum Gasteiger partial charge on any atom is 0.472 e. The Hall–Kier alpha value is -2.53. The SMILES string of the molecule is CCCCCC/C=C\C/C=C\CCCCCCCC(=O)OC[C@H](COP(=O)(O)O[C@@H]1C(O[C@@H]2OC(CO[C@@H]3OC(CO)[C@H](O)C(O)[C@@H]3O)[C@H](O)C(O)[C@@H]2O)C(O)[C@@H](O)C(O)[C@H]1O[C@H]1OC(CO)[C@@H](O)C(O)[C@H]1O)OC(=O)CCCCCCC/C=C\CCCCCC. The van der Waals surface area contributed by atoms with Crippen molar-refractivity contribution in [2.45, 2.75) is 309 Å². The number of carbonyl (C=O) groups is 2. The van der Waals surface area contributed by atoms with Crippen LogP contribution in [0.4, 0.5) is 0 Å². The van der Waals surface area contributed by atoms with Gasteiger partial charge in [-0.15, -0.1) is 0 Å². The largest absolute Gasteiger partial charge is 0.472 e. The standard InChI is InChI=1S/C62H109O28P/c1-3-5-7-9-11-13-15-17-18-19-21-22-24-26-28-30-32-43(65)81-36-39(84-44(66)33-31-29-27-25-23-20-16-14-12-10-8-6-4-2)37-83-91(79,80)90-59-57(88-61-55(77)49(71)46(68)41(35-64)86-61)52(74)51(73)53(75)58(59)89-62-56(78)50(72)47(69)42(87-62)38-82-60-54(76)48(70)45(67)40(34-63)85-60/h13-16,18-19,39-42,45-64,67-78H,3-12,17,20-38H2,1-2H3,(H,79,80)/b15-13-,16-14-,19-18-/t39-,40?,41?,42?,45+,46-,47+,48?,49?,50?,51+,52?,53?,54+,55-,56+,57-,58?,59+,60-,61-,62+/m1/s1. The Bertz CT molecular complexity index is 2110. The van der Waals surface area contributed by atoms with Crippen LogP contribution in [0.15, 0.2) is 36.5 Å². The predicted octanol–water partition coefficient (Wildman–Crippen LogP) is 1.70. The molecule has 0 aromatic carbocycles. The van der Waals surface area contributed by atoms with Gasteiger partial charge in [-0.25, -0.2) is 4.57 Å².